The van der Waals surface area contributed by atoms with Crippen molar-refractivity contribution >= 4 is 5.91 Å². The van der Waals surface area contributed by atoms with E-state index >= 15 is 0 Å². The van der Waals surface area contributed by atoms with Crippen LogP contribution in [0.25, 0.3) is 11.4 Å². The van der Waals surface area contributed by atoms with E-state index in [1.165, 1.54) is 17.8 Å². The van der Waals surface area contributed by atoms with E-state index in [1.807, 2.05) is 45.3 Å². The van der Waals surface area contributed by atoms with Crippen LogP contribution in [0.4, 0.5) is 0 Å². The summed E-state index contributed by atoms with van der Waals surface area (Å²) in [4.78, 5) is 29.2. The fraction of sp³-hybridized carbons (Fsp3) is 0.630. The van der Waals surface area contributed by atoms with E-state index in [-0.39, 0.29) is 11.3 Å². The van der Waals surface area contributed by atoms with E-state index in [0.29, 0.717) is 23.8 Å². The smallest absolute Gasteiger partial charge is 0.225 e. The van der Waals surface area contributed by atoms with Crippen LogP contribution in [-0.2, 0) is 4.79 Å². The Labute approximate surface area is 198 Å². The molecule has 6 nitrogen and oxygen atoms in total. The Morgan fingerprint density at radius 3 is 2.52 bits per heavy atom. The highest BCUT2D eigenvalue weighted by Crippen LogP contribution is 2.42. The summed E-state index contributed by atoms with van der Waals surface area (Å²) in [5.41, 5.74) is 3.04. The largest absolute Gasteiger partial charge is 0.354 e. The summed E-state index contributed by atoms with van der Waals surface area (Å²) in [5.74, 6) is 2.43. The number of aromatic nitrogens is 3. The predicted octanol–water partition coefficient (Wildman–Crippen LogP) is 4.78. The number of pyridine rings is 1. The van der Waals surface area contributed by atoms with Crippen LogP contribution >= 0.6 is 0 Å². The molecule has 0 radical (unpaired) electrons. The highest BCUT2D eigenvalue weighted by molar-refractivity contribution is 5.81. The summed E-state index contributed by atoms with van der Waals surface area (Å²) in [6.45, 7) is 13.3. The molecule has 1 N–H and O–H groups in total. The van der Waals surface area contributed by atoms with Crippen molar-refractivity contribution in [3.05, 3.63) is 42.0 Å². The Morgan fingerprint density at radius 2 is 1.91 bits per heavy atom. The molecule has 0 aliphatic carbocycles. The fourth-order valence-electron chi connectivity index (χ4n) is 5.38. The number of piperidine rings is 3. The maximum Gasteiger partial charge on any atom is 0.225 e. The van der Waals surface area contributed by atoms with Gasteiger partial charge in [-0.1, -0.05) is 34.6 Å². The molecule has 6 heteroatoms. The maximum atomic E-state index is 12.4. The molecular weight excluding hydrogens is 410 g/mol. The van der Waals surface area contributed by atoms with Crippen molar-refractivity contribution in [3.8, 4) is 11.4 Å². The highest BCUT2D eigenvalue weighted by Gasteiger charge is 2.42. The third kappa shape index (κ3) is 5.26. The van der Waals surface area contributed by atoms with Crippen LogP contribution in [-0.4, -0.2) is 51.4 Å². The van der Waals surface area contributed by atoms with Crippen LogP contribution in [0.1, 0.15) is 83.5 Å². The summed E-state index contributed by atoms with van der Waals surface area (Å²) in [5, 5.41) is 3.19. The standard InChI is InChI=1S/C27H39N5O/c1-6-18(7-2)23-15-24(31-25(30-23)19-8-11-28-12-9-19)22-17-32-13-10-20(22)14-21(32)16-29-26(33)27(3,4)5/h8-9,11-12,15,18,20-22H,6-7,10,13-14,16-17H2,1-5H3,(H,29,33)/t20-,21+,22-/m0/s1. The lowest BCUT2D eigenvalue weighted by molar-refractivity contribution is -0.129. The summed E-state index contributed by atoms with van der Waals surface area (Å²) in [7, 11) is 0. The zero-order valence-corrected chi connectivity index (χ0v) is 20.8. The van der Waals surface area contributed by atoms with E-state index in [1.54, 1.807) is 0 Å². The quantitative estimate of drug-likeness (QED) is 0.658. The van der Waals surface area contributed by atoms with Gasteiger partial charge in [-0.2, -0.15) is 0 Å². The molecule has 3 fully saturated rings. The molecule has 0 saturated carbocycles. The van der Waals surface area contributed by atoms with Crippen molar-refractivity contribution in [2.75, 3.05) is 19.6 Å². The van der Waals surface area contributed by atoms with Crippen LogP contribution in [0.5, 0.6) is 0 Å². The second kappa shape index (κ2) is 9.88. The number of hydrogen-bond acceptors (Lipinski definition) is 5. The Balaban J connectivity index is 1.57. The molecular formula is C27H39N5O. The Kier molecular flexibility index (Phi) is 7.13. The number of carbonyl (C=O) groups excluding carboxylic acids is 1. The molecule has 3 saturated heterocycles. The molecule has 1 amide bonds. The van der Waals surface area contributed by atoms with Crippen molar-refractivity contribution < 1.29 is 4.79 Å². The highest BCUT2D eigenvalue weighted by atomic mass is 16.2. The topological polar surface area (TPSA) is 71.0 Å². The van der Waals surface area contributed by atoms with E-state index < -0.39 is 0 Å². The molecule has 2 aromatic rings. The lowest BCUT2D eigenvalue weighted by Crippen LogP contribution is -2.56. The fourth-order valence-corrected chi connectivity index (χ4v) is 5.38. The monoisotopic (exact) mass is 449 g/mol. The number of hydrogen-bond donors (Lipinski definition) is 1. The number of carbonyl (C=O) groups is 1. The Bertz CT molecular complexity index is 951. The molecule has 2 bridgehead atoms. The van der Waals surface area contributed by atoms with Crippen molar-refractivity contribution in [1.82, 2.24) is 25.2 Å². The molecule has 3 aliphatic rings. The summed E-state index contributed by atoms with van der Waals surface area (Å²) >= 11 is 0. The first-order valence-electron chi connectivity index (χ1n) is 12.6. The molecule has 3 aliphatic heterocycles. The summed E-state index contributed by atoms with van der Waals surface area (Å²) < 4.78 is 0. The molecule has 0 aromatic carbocycles. The maximum absolute atomic E-state index is 12.4. The minimum atomic E-state index is -0.346. The molecule has 4 atom stereocenters. The van der Waals surface area contributed by atoms with Crippen molar-refractivity contribution in [2.24, 2.45) is 11.3 Å². The number of nitrogens with zero attached hydrogens (tertiary/aromatic N) is 4. The van der Waals surface area contributed by atoms with Gasteiger partial charge in [0.1, 0.15) is 0 Å². The zero-order chi connectivity index (χ0) is 23.6. The van der Waals surface area contributed by atoms with Gasteiger partial charge in [0.25, 0.3) is 0 Å². The van der Waals surface area contributed by atoms with Gasteiger partial charge in [0.05, 0.1) is 0 Å². The molecule has 0 spiro atoms. The number of rotatable bonds is 7. The minimum Gasteiger partial charge on any atom is -0.354 e. The average Bonchev–Trinajstić information content (AvgIpc) is 2.83. The lowest BCUT2D eigenvalue weighted by atomic mass is 9.73. The van der Waals surface area contributed by atoms with Crippen LogP contribution in [0.15, 0.2) is 30.6 Å². The molecule has 2 aromatic heterocycles. The van der Waals surface area contributed by atoms with Gasteiger partial charge in [-0.3, -0.25) is 14.7 Å². The van der Waals surface area contributed by atoms with E-state index in [9.17, 15) is 4.79 Å². The lowest BCUT2D eigenvalue weighted by Gasteiger charge is -2.50. The molecule has 178 valence electrons. The number of amides is 1. The van der Waals surface area contributed by atoms with E-state index in [2.05, 4.69) is 35.1 Å². The van der Waals surface area contributed by atoms with Gasteiger partial charge in [0.15, 0.2) is 5.82 Å². The van der Waals surface area contributed by atoms with Crippen molar-refractivity contribution in [3.63, 3.8) is 0 Å². The van der Waals surface area contributed by atoms with Crippen LogP contribution in [0, 0.1) is 11.3 Å². The zero-order valence-electron chi connectivity index (χ0n) is 20.8. The number of fused-ring (bicyclic) bond motifs is 3. The van der Waals surface area contributed by atoms with Crippen LogP contribution in [0.3, 0.4) is 0 Å². The van der Waals surface area contributed by atoms with Gasteiger partial charge in [-0.15, -0.1) is 0 Å². The third-order valence-electron chi connectivity index (χ3n) is 7.55. The van der Waals surface area contributed by atoms with Gasteiger partial charge < -0.3 is 5.32 Å². The molecule has 5 rings (SSSR count). The van der Waals surface area contributed by atoms with Gasteiger partial charge in [-0.05, 0) is 56.3 Å². The predicted molar refractivity (Wildman–Crippen MR) is 132 cm³/mol. The minimum absolute atomic E-state index is 0.134. The van der Waals surface area contributed by atoms with E-state index in [0.717, 1.165) is 50.3 Å². The van der Waals surface area contributed by atoms with Crippen LogP contribution < -0.4 is 5.32 Å². The van der Waals surface area contributed by atoms with Gasteiger partial charge in [0.2, 0.25) is 5.91 Å². The SMILES string of the molecule is CCC(CC)c1cc([C@H]2CN3CC[C@H]2C[C@@H]3CNC(=O)C(C)(C)C)nc(-c2ccncc2)n1. The first kappa shape index (κ1) is 23.8. The van der Waals surface area contributed by atoms with Gasteiger partial charge >= 0.3 is 0 Å². The van der Waals surface area contributed by atoms with Crippen LogP contribution in [0.2, 0.25) is 0 Å². The molecule has 5 heterocycles. The van der Waals surface area contributed by atoms with Gasteiger partial charge in [-0.25, -0.2) is 9.97 Å². The number of nitrogens with one attached hydrogen (secondary N) is 1. The van der Waals surface area contributed by atoms with Crippen molar-refractivity contribution in [2.45, 2.75) is 78.2 Å². The first-order valence-corrected chi connectivity index (χ1v) is 12.6. The third-order valence-corrected chi connectivity index (χ3v) is 7.55. The summed E-state index contributed by atoms with van der Waals surface area (Å²) in [6.07, 6.45) is 8.10. The molecule has 1 unspecified atom stereocenters. The summed E-state index contributed by atoms with van der Waals surface area (Å²) in [6, 6.07) is 6.71. The molecule has 33 heavy (non-hydrogen) atoms. The second-order valence-electron chi connectivity index (χ2n) is 10.8. The Hall–Kier alpha value is -2.34. The van der Waals surface area contributed by atoms with Gasteiger partial charge in [0, 0.05) is 65.7 Å². The normalized spacial score (nSPS) is 24.8. The second-order valence-corrected chi connectivity index (χ2v) is 10.8. The van der Waals surface area contributed by atoms with E-state index in [4.69, 9.17) is 9.97 Å². The Morgan fingerprint density at radius 1 is 1.18 bits per heavy atom. The first-order chi connectivity index (χ1) is 15.8. The van der Waals surface area contributed by atoms with Crippen molar-refractivity contribution in [1.29, 1.82) is 0 Å². The average molecular weight is 450 g/mol.